The number of aliphatic carboxylic acids is 1. The molecule has 1 fully saturated rings. The lowest BCUT2D eigenvalue weighted by Crippen LogP contribution is -2.47. The first-order valence-electron chi connectivity index (χ1n) is 12.5. The fourth-order valence-electron chi connectivity index (χ4n) is 3.77. The molecule has 0 spiro atoms. The molecular formula is C27H33ClF4N2O6. The van der Waals surface area contributed by atoms with Crippen LogP contribution in [-0.4, -0.2) is 77.7 Å². The summed E-state index contributed by atoms with van der Waals surface area (Å²) in [6, 6.07) is 13.5. The summed E-state index contributed by atoms with van der Waals surface area (Å²) in [5.74, 6) is -1.67. The van der Waals surface area contributed by atoms with Crippen molar-refractivity contribution in [1.82, 2.24) is 10.2 Å². The molecule has 2 aromatic carbocycles. The number of hydrogen-bond donors (Lipinski definition) is 3. The molecular weight excluding hydrogens is 560 g/mol. The van der Waals surface area contributed by atoms with Crippen molar-refractivity contribution in [1.29, 1.82) is 0 Å². The number of carboxylic acids is 1. The van der Waals surface area contributed by atoms with Crippen LogP contribution in [0, 0.1) is 0 Å². The number of carbonyl (C=O) groups excluding carboxylic acids is 1. The highest BCUT2D eigenvalue weighted by atomic mass is 35.5. The highest BCUT2D eigenvalue weighted by Crippen LogP contribution is 2.23. The number of aliphatic hydroxyl groups excluding tert-OH is 1. The van der Waals surface area contributed by atoms with Crippen LogP contribution < -0.4 is 14.8 Å². The molecule has 1 amide bonds. The van der Waals surface area contributed by atoms with E-state index >= 15 is 0 Å². The number of aliphatic hydroxyl groups is 1. The monoisotopic (exact) mass is 592 g/mol. The molecule has 0 aliphatic carbocycles. The zero-order valence-electron chi connectivity index (χ0n) is 22.0. The lowest BCUT2D eigenvalue weighted by atomic mass is 10.0. The number of carbonyl (C=O) groups is 2. The zero-order chi connectivity index (χ0) is 29.9. The van der Waals surface area contributed by atoms with Crippen molar-refractivity contribution in [2.45, 2.75) is 57.3 Å². The minimum absolute atomic E-state index is 0.0479. The van der Waals surface area contributed by atoms with Gasteiger partial charge in [0.25, 0.3) is 0 Å². The van der Waals surface area contributed by atoms with E-state index in [0.29, 0.717) is 48.1 Å². The number of hydrogen-bond acceptors (Lipinski definition) is 6. The van der Waals surface area contributed by atoms with Crippen LogP contribution in [0.2, 0.25) is 5.02 Å². The molecule has 0 aromatic heterocycles. The predicted octanol–water partition coefficient (Wildman–Crippen LogP) is 4.79. The standard InChI is InChI=1S/C25H32ClFN2O4.C2HF3O2/c1-17(2)33-22-7-3-18(4-8-22)25(31)23(16-29-13-11-20(27)15-29)28-24(30)12-14-32-21-9-5-19(26)6-10-21;3-2(4,5)1(6)7/h3-10,17,20,23,25,31H,11-16H2,1-2H3,(H,28,30);(H,6,7)/t20?,23-,25-;/m1./s1. The van der Waals surface area contributed by atoms with Crippen LogP contribution in [0.4, 0.5) is 17.6 Å². The quantitative estimate of drug-likeness (QED) is 0.322. The number of nitrogens with zero attached hydrogens (tertiary/aromatic N) is 1. The number of likely N-dealkylation sites (tertiary alicyclic amines) is 1. The highest BCUT2D eigenvalue weighted by Gasteiger charge is 2.38. The SMILES string of the molecule is CC(C)Oc1ccc([C@@H](O)[C@@H](CN2CCC(F)C2)NC(=O)CCOc2ccc(Cl)cc2)cc1.O=C(O)C(F)(F)F. The minimum Gasteiger partial charge on any atom is -0.493 e. The van der Waals surface area contributed by atoms with Gasteiger partial charge in [0, 0.05) is 24.7 Å². The number of nitrogens with one attached hydrogen (secondary N) is 1. The van der Waals surface area contributed by atoms with E-state index in [-0.39, 0.29) is 25.0 Å². The second-order valence-corrected chi connectivity index (χ2v) is 9.79. The van der Waals surface area contributed by atoms with Gasteiger partial charge < -0.3 is 25.0 Å². The van der Waals surface area contributed by atoms with E-state index in [9.17, 15) is 27.5 Å². The first-order chi connectivity index (χ1) is 18.7. The van der Waals surface area contributed by atoms with Gasteiger partial charge in [0.05, 0.1) is 25.2 Å². The van der Waals surface area contributed by atoms with Crippen LogP contribution >= 0.6 is 11.6 Å². The molecule has 222 valence electrons. The lowest BCUT2D eigenvalue weighted by molar-refractivity contribution is -0.192. The van der Waals surface area contributed by atoms with Crippen molar-refractivity contribution in [2.24, 2.45) is 0 Å². The van der Waals surface area contributed by atoms with Crippen LogP contribution in [0.3, 0.4) is 0 Å². The predicted molar refractivity (Wildman–Crippen MR) is 140 cm³/mol. The van der Waals surface area contributed by atoms with Gasteiger partial charge in [-0.15, -0.1) is 0 Å². The van der Waals surface area contributed by atoms with E-state index in [1.54, 1.807) is 48.5 Å². The fourth-order valence-corrected chi connectivity index (χ4v) is 3.90. The third kappa shape index (κ3) is 12.0. The van der Waals surface area contributed by atoms with Crippen LogP contribution in [0.5, 0.6) is 11.5 Å². The lowest BCUT2D eigenvalue weighted by Gasteiger charge is -2.29. The second kappa shape index (κ2) is 15.6. The number of ether oxygens (including phenoxy) is 2. The molecule has 0 radical (unpaired) electrons. The Labute approximate surface area is 234 Å². The largest absolute Gasteiger partial charge is 0.493 e. The topological polar surface area (TPSA) is 108 Å². The van der Waals surface area contributed by atoms with E-state index in [4.69, 9.17) is 31.0 Å². The Morgan fingerprint density at radius 1 is 1.10 bits per heavy atom. The third-order valence-corrected chi connectivity index (χ3v) is 5.90. The van der Waals surface area contributed by atoms with Gasteiger partial charge in [0.1, 0.15) is 23.8 Å². The highest BCUT2D eigenvalue weighted by molar-refractivity contribution is 6.30. The van der Waals surface area contributed by atoms with E-state index in [0.717, 1.165) is 0 Å². The van der Waals surface area contributed by atoms with Crippen molar-refractivity contribution in [2.75, 3.05) is 26.2 Å². The molecule has 3 N–H and O–H groups in total. The Hall–Kier alpha value is -3.09. The van der Waals surface area contributed by atoms with Gasteiger partial charge in [-0.2, -0.15) is 13.2 Å². The molecule has 1 heterocycles. The smallest absolute Gasteiger partial charge is 0.490 e. The minimum atomic E-state index is -5.08. The van der Waals surface area contributed by atoms with E-state index in [2.05, 4.69) is 5.32 Å². The summed E-state index contributed by atoms with van der Waals surface area (Å²) < 4.78 is 56.7. The number of benzene rings is 2. The van der Waals surface area contributed by atoms with E-state index < -0.39 is 30.5 Å². The average Bonchev–Trinajstić information content (AvgIpc) is 3.29. The maximum atomic E-state index is 13.7. The van der Waals surface area contributed by atoms with E-state index in [1.165, 1.54) is 0 Å². The Morgan fingerprint density at radius 3 is 2.17 bits per heavy atom. The molecule has 13 heteroatoms. The Balaban J connectivity index is 0.000000708. The molecule has 0 bridgehead atoms. The third-order valence-electron chi connectivity index (χ3n) is 5.64. The molecule has 40 heavy (non-hydrogen) atoms. The Bertz CT molecular complexity index is 1070. The van der Waals surface area contributed by atoms with E-state index in [1.807, 2.05) is 18.7 Å². The second-order valence-electron chi connectivity index (χ2n) is 9.36. The Morgan fingerprint density at radius 2 is 1.68 bits per heavy atom. The van der Waals surface area contributed by atoms with Crippen molar-refractivity contribution in [3.63, 3.8) is 0 Å². The normalized spacial score (nSPS) is 17.0. The molecule has 0 saturated carbocycles. The molecule has 1 aliphatic heterocycles. The summed E-state index contributed by atoms with van der Waals surface area (Å²) in [7, 11) is 0. The average molecular weight is 593 g/mol. The van der Waals surface area contributed by atoms with Gasteiger partial charge in [-0.1, -0.05) is 23.7 Å². The summed E-state index contributed by atoms with van der Waals surface area (Å²) >= 11 is 5.87. The molecule has 1 aliphatic rings. The number of halogens is 5. The van der Waals surface area contributed by atoms with Gasteiger partial charge >= 0.3 is 12.1 Å². The first-order valence-corrected chi connectivity index (χ1v) is 12.9. The van der Waals surface area contributed by atoms with Crippen LogP contribution in [-0.2, 0) is 9.59 Å². The van der Waals surface area contributed by atoms with Gasteiger partial charge in [-0.25, -0.2) is 9.18 Å². The molecule has 3 rings (SSSR count). The zero-order valence-corrected chi connectivity index (χ0v) is 22.8. The molecule has 8 nitrogen and oxygen atoms in total. The number of rotatable bonds is 11. The number of amides is 1. The van der Waals surface area contributed by atoms with Crippen molar-refractivity contribution < 1.29 is 46.8 Å². The summed E-state index contributed by atoms with van der Waals surface area (Å²) in [6.07, 6.45) is -6.27. The van der Waals surface area contributed by atoms with Crippen LogP contribution in [0.1, 0.15) is 38.4 Å². The van der Waals surface area contributed by atoms with Gasteiger partial charge in [0.15, 0.2) is 0 Å². The summed E-state index contributed by atoms with van der Waals surface area (Å²) in [5, 5.41) is 21.7. The molecule has 1 unspecified atom stereocenters. The van der Waals surface area contributed by atoms with Crippen LogP contribution in [0.25, 0.3) is 0 Å². The maximum absolute atomic E-state index is 13.7. The summed E-state index contributed by atoms with van der Waals surface area (Å²) in [4.78, 5) is 23.4. The van der Waals surface area contributed by atoms with Crippen LogP contribution in [0.15, 0.2) is 48.5 Å². The summed E-state index contributed by atoms with van der Waals surface area (Å²) in [6.45, 7) is 5.34. The fraction of sp³-hybridized carbons (Fsp3) is 0.481. The van der Waals surface area contributed by atoms with Crippen molar-refractivity contribution in [3.05, 3.63) is 59.1 Å². The molecule has 2 aromatic rings. The molecule has 3 atom stereocenters. The maximum Gasteiger partial charge on any atom is 0.490 e. The summed E-state index contributed by atoms with van der Waals surface area (Å²) in [5.41, 5.74) is 0.657. The van der Waals surface area contributed by atoms with Gasteiger partial charge in [-0.05, 0) is 62.2 Å². The van der Waals surface area contributed by atoms with Crippen molar-refractivity contribution >= 4 is 23.5 Å². The first kappa shape index (κ1) is 33.1. The van der Waals surface area contributed by atoms with Crippen molar-refractivity contribution in [3.8, 4) is 11.5 Å². The Kier molecular flexibility index (Phi) is 12.9. The van der Waals surface area contributed by atoms with Gasteiger partial charge in [0.2, 0.25) is 5.91 Å². The number of alkyl halides is 4. The van der Waals surface area contributed by atoms with Gasteiger partial charge in [-0.3, -0.25) is 9.69 Å². The molecule has 1 saturated heterocycles. The number of carboxylic acid groups (broad SMARTS) is 1.